The Balaban J connectivity index is 1.40. The largest absolute Gasteiger partial charge is 0.507 e. The Bertz CT molecular complexity index is 1190. The smallest absolute Gasteiger partial charge is 0.233 e. The number of phenolic OH excluding ortho intramolecular Hbond substituents is 1. The average molecular weight is 421 g/mol. The molecular weight excluding hydrogens is 392 g/mol. The van der Waals surface area contributed by atoms with E-state index in [9.17, 15) is 9.90 Å². The lowest BCUT2D eigenvalue weighted by Crippen LogP contribution is -2.65. The predicted molar refractivity (Wildman–Crippen MR) is 119 cm³/mol. The Morgan fingerprint density at radius 2 is 1.87 bits per heavy atom. The van der Waals surface area contributed by atoms with Crippen LogP contribution in [0.15, 0.2) is 41.3 Å². The topological polar surface area (TPSA) is 89.3 Å². The van der Waals surface area contributed by atoms with Crippen molar-refractivity contribution < 1.29 is 9.84 Å². The molecule has 5 rings (SSSR count). The molecule has 7 heteroatoms. The van der Waals surface area contributed by atoms with Crippen LogP contribution in [0, 0.1) is 0 Å². The van der Waals surface area contributed by atoms with Gasteiger partial charge < -0.3 is 19.7 Å². The van der Waals surface area contributed by atoms with Crippen LogP contribution in [0.3, 0.4) is 0 Å². The lowest BCUT2D eigenvalue weighted by Gasteiger charge is -2.53. The van der Waals surface area contributed by atoms with Crippen LogP contribution in [-0.4, -0.2) is 37.1 Å². The highest BCUT2D eigenvalue weighted by Crippen LogP contribution is 2.41. The Morgan fingerprint density at radius 3 is 2.55 bits per heavy atom. The lowest BCUT2D eigenvalue weighted by atomic mass is 9.70. The molecule has 2 aliphatic rings. The maximum Gasteiger partial charge on any atom is 0.233 e. The summed E-state index contributed by atoms with van der Waals surface area (Å²) >= 11 is 0. The first-order chi connectivity index (χ1) is 14.7. The first kappa shape index (κ1) is 20.0. The number of nitrogens with zero attached hydrogens (tertiary/aromatic N) is 3. The lowest BCUT2D eigenvalue weighted by molar-refractivity contribution is 0.00726. The molecule has 162 valence electrons. The van der Waals surface area contributed by atoms with Gasteiger partial charge in [-0.15, -0.1) is 10.2 Å². The Morgan fingerprint density at radius 1 is 1.13 bits per heavy atom. The van der Waals surface area contributed by atoms with Crippen molar-refractivity contribution >= 4 is 10.9 Å². The number of piperidine rings is 2. The number of nitrogens with one attached hydrogen (secondary N) is 1. The number of aryl methyl sites for hydroxylation is 1. The van der Waals surface area contributed by atoms with E-state index in [2.05, 4.69) is 29.4 Å². The van der Waals surface area contributed by atoms with E-state index in [4.69, 9.17) is 4.74 Å². The van der Waals surface area contributed by atoms with E-state index in [1.54, 1.807) is 24.4 Å². The number of fused-ring (bicyclic) bond motifs is 3. The third kappa shape index (κ3) is 3.67. The molecule has 0 saturated carbocycles. The number of hydrogen-bond acceptors (Lipinski definition) is 6. The van der Waals surface area contributed by atoms with Gasteiger partial charge in [0.05, 0.1) is 11.2 Å². The predicted octanol–water partition coefficient (Wildman–Crippen LogP) is 3.53. The van der Waals surface area contributed by atoms with E-state index in [1.165, 1.54) is 18.6 Å². The SMILES string of the molecule is Cn1ccc(=O)c2cc(O)c(-c3ccc(OC4C[C@]5(C)CCC[C@](C)(C4)N5)nn3)cc21. The summed E-state index contributed by atoms with van der Waals surface area (Å²) in [5.74, 6) is 0.499. The molecule has 0 spiro atoms. The van der Waals surface area contributed by atoms with Crippen LogP contribution in [-0.2, 0) is 7.05 Å². The van der Waals surface area contributed by atoms with Crippen LogP contribution >= 0.6 is 0 Å². The first-order valence-corrected chi connectivity index (χ1v) is 10.9. The molecule has 2 aromatic heterocycles. The van der Waals surface area contributed by atoms with E-state index in [1.807, 2.05) is 11.6 Å². The minimum Gasteiger partial charge on any atom is -0.507 e. The van der Waals surface area contributed by atoms with Gasteiger partial charge in [-0.2, -0.15) is 0 Å². The summed E-state index contributed by atoms with van der Waals surface area (Å²) in [6.07, 6.45) is 7.29. The highest BCUT2D eigenvalue weighted by molar-refractivity contribution is 5.87. The zero-order chi connectivity index (χ0) is 21.8. The molecule has 2 aliphatic heterocycles. The first-order valence-electron chi connectivity index (χ1n) is 10.9. The van der Waals surface area contributed by atoms with Crippen molar-refractivity contribution in [1.29, 1.82) is 0 Å². The molecule has 1 aromatic carbocycles. The van der Waals surface area contributed by atoms with Crippen LogP contribution in [0.2, 0.25) is 0 Å². The van der Waals surface area contributed by atoms with Gasteiger partial charge in [0, 0.05) is 60.2 Å². The molecule has 2 fully saturated rings. The standard InChI is InChI=1S/C24H28N4O3/c1-23-8-4-9-24(2,27-23)14-15(13-23)31-22-6-5-18(25-26-22)16-11-19-17(12-21(16)30)20(29)7-10-28(19)3/h5-7,10-12,15,27,30H,4,8-9,13-14H2,1-3H3/t15?,23-,24+. The van der Waals surface area contributed by atoms with E-state index in [0.717, 1.165) is 31.2 Å². The number of pyridine rings is 1. The van der Waals surface area contributed by atoms with Crippen molar-refractivity contribution in [3.8, 4) is 22.9 Å². The molecule has 31 heavy (non-hydrogen) atoms. The number of rotatable bonds is 3. The third-order valence-electron chi connectivity index (χ3n) is 6.83. The van der Waals surface area contributed by atoms with Crippen molar-refractivity contribution in [2.75, 3.05) is 0 Å². The maximum atomic E-state index is 12.1. The number of benzene rings is 1. The fourth-order valence-electron chi connectivity index (χ4n) is 5.51. The molecular formula is C24H28N4O3. The Kier molecular flexibility index (Phi) is 4.55. The highest BCUT2D eigenvalue weighted by atomic mass is 16.5. The summed E-state index contributed by atoms with van der Waals surface area (Å²) in [5, 5.41) is 23.4. The van der Waals surface area contributed by atoms with Gasteiger partial charge in [-0.1, -0.05) is 0 Å². The van der Waals surface area contributed by atoms with Crippen molar-refractivity contribution in [3.05, 3.63) is 46.8 Å². The van der Waals surface area contributed by atoms with E-state index >= 15 is 0 Å². The maximum absolute atomic E-state index is 12.1. The fraction of sp³-hybridized carbons (Fsp3) is 0.458. The number of aromatic hydroxyl groups is 1. The minimum absolute atomic E-state index is 0.00537. The number of ether oxygens (including phenoxy) is 1. The Labute approximate surface area is 181 Å². The van der Waals surface area contributed by atoms with Gasteiger partial charge in [-0.05, 0) is 51.3 Å². The highest BCUT2D eigenvalue weighted by Gasteiger charge is 2.46. The van der Waals surface area contributed by atoms with E-state index in [-0.39, 0.29) is 28.4 Å². The Hall–Kier alpha value is -2.93. The second kappa shape index (κ2) is 7.05. The molecule has 3 atom stereocenters. The molecule has 2 N–H and O–H groups in total. The van der Waals surface area contributed by atoms with Crippen molar-refractivity contribution in [1.82, 2.24) is 20.1 Å². The summed E-state index contributed by atoms with van der Waals surface area (Å²) in [6, 6.07) is 8.36. The zero-order valence-electron chi connectivity index (χ0n) is 18.2. The molecule has 2 saturated heterocycles. The summed E-state index contributed by atoms with van der Waals surface area (Å²) < 4.78 is 8.07. The monoisotopic (exact) mass is 420 g/mol. The van der Waals surface area contributed by atoms with Gasteiger partial charge in [-0.25, -0.2) is 0 Å². The summed E-state index contributed by atoms with van der Waals surface area (Å²) in [7, 11) is 1.86. The van der Waals surface area contributed by atoms with E-state index < -0.39 is 0 Å². The van der Waals surface area contributed by atoms with Crippen molar-refractivity contribution in [2.24, 2.45) is 7.05 Å². The van der Waals surface area contributed by atoms with Gasteiger partial charge in [0.1, 0.15) is 11.9 Å². The average Bonchev–Trinajstić information content (AvgIpc) is 2.70. The normalized spacial score (nSPS) is 27.9. The third-order valence-corrected chi connectivity index (χ3v) is 6.83. The van der Waals surface area contributed by atoms with Gasteiger partial charge in [0.15, 0.2) is 5.43 Å². The summed E-state index contributed by atoms with van der Waals surface area (Å²) in [4.78, 5) is 12.1. The number of phenols is 1. The molecule has 7 nitrogen and oxygen atoms in total. The van der Waals surface area contributed by atoms with Crippen LogP contribution in [0.1, 0.15) is 46.0 Å². The molecule has 3 aromatic rings. The van der Waals surface area contributed by atoms with Gasteiger partial charge in [0.2, 0.25) is 5.88 Å². The van der Waals surface area contributed by atoms with Gasteiger partial charge in [-0.3, -0.25) is 4.79 Å². The zero-order valence-corrected chi connectivity index (χ0v) is 18.2. The fourth-order valence-corrected chi connectivity index (χ4v) is 5.51. The summed E-state index contributed by atoms with van der Waals surface area (Å²) in [5.41, 5.74) is 1.88. The van der Waals surface area contributed by atoms with Crippen molar-refractivity contribution in [2.45, 2.75) is 63.1 Å². The quantitative estimate of drug-likeness (QED) is 0.674. The molecule has 0 amide bonds. The van der Waals surface area contributed by atoms with Crippen LogP contribution in [0.25, 0.3) is 22.2 Å². The van der Waals surface area contributed by atoms with E-state index in [0.29, 0.717) is 22.5 Å². The van der Waals surface area contributed by atoms with Gasteiger partial charge in [0.25, 0.3) is 0 Å². The van der Waals surface area contributed by atoms with Gasteiger partial charge >= 0.3 is 0 Å². The molecule has 0 radical (unpaired) electrons. The molecule has 0 aliphatic carbocycles. The molecule has 1 unspecified atom stereocenters. The van der Waals surface area contributed by atoms with Crippen LogP contribution < -0.4 is 15.5 Å². The second-order valence-electron chi connectivity index (χ2n) is 9.68. The second-order valence-corrected chi connectivity index (χ2v) is 9.68. The molecule has 4 heterocycles. The van der Waals surface area contributed by atoms with Crippen LogP contribution in [0.5, 0.6) is 11.6 Å². The number of hydrogen-bond donors (Lipinski definition) is 2. The number of aromatic nitrogens is 3. The van der Waals surface area contributed by atoms with Crippen molar-refractivity contribution in [3.63, 3.8) is 0 Å². The molecule has 2 bridgehead atoms. The minimum atomic E-state index is -0.126. The van der Waals surface area contributed by atoms with Crippen LogP contribution in [0.4, 0.5) is 0 Å². The summed E-state index contributed by atoms with van der Waals surface area (Å²) in [6.45, 7) is 4.56.